The molecule has 12 heteroatoms. The Kier molecular flexibility index (Phi) is 11.5. The molecule has 0 fully saturated rings. The number of rotatable bonds is 2. The molecule has 2 aromatic carbocycles. The minimum Gasteiger partial charge on any atom is -0.867 e. The number of benzene rings is 2. The molecule has 0 saturated carbocycles. The highest BCUT2D eigenvalue weighted by atomic mass is 19.1. The van der Waals surface area contributed by atoms with Crippen molar-refractivity contribution >= 4 is 42.0 Å². The van der Waals surface area contributed by atoms with E-state index in [0.717, 1.165) is 0 Å². The van der Waals surface area contributed by atoms with E-state index in [2.05, 4.69) is 20.6 Å². The number of halogens is 1. The van der Waals surface area contributed by atoms with E-state index in [0.29, 0.717) is 22.7 Å². The van der Waals surface area contributed by atoms with Crippen LogP contribution in [0.15, 0.2) is 48.5 Å². The summed E-state index contributed by atoms with van der Waals surface area (Å²) in [5.41, 5.74) is 2.30. The van der Waals surface area contributed by atoms with E-state index in [1.165, 1.54) is 13.8 Å². The van der Waals surface area contributed by atoms with E-state index in [-0.39, 0.29) is 11.8 Å². The number of carbonyl (C=O) groups excluding carboxylic acids is 2. The van der Waals surface area contributed by atoms with Gasteiger partial charge in [0.15, 0.2) is 9.95 Å². The van der Waals surface area contributed by atoms with Crippen LogP contribution in [-0.2, 0) is 9.59 Å². The van der Waals surface area contributed by atoms with Crippen LogP contribution in [0.2, 0.25) is 0 Å². The molecule has 2 rings (SSSR count). The van der Waals surface area contributed by atoms with Crippen molar-refractivity contribution < 1.29 is 24.0 Å². The predicted molar refractivity (Wildman–Crippen MR) is 97.8 cm³/mol. The maximum absolute atomic E-state index is 10.6. The average molecular weight is 386 g/mol. The topological polar surface area (TPSA) is 161 Å². The number of nitrogens with zero attached hydrogens (tertiary/aromatic N) is 4. The number of anilines is 2. The molecule has 2 aromatic rings. The van der Waals surface area contributed by atoms with E-state index < -0.39 is 7.40 Å². The van der Waals surface area contributed by atoms with Crippen molar-refractivity contribution in [2.45, 2.75) is 13.8 Å². The highest BCUT2D eigenvalue weighted by Gasteiger charge is 2.03. The van der Waals surface area contributed by atoms with Gasteiger partial charge < -0.3 is 25.0 Å². The van der Waals surface area contributed by atoms with E-state index in [4.69, 9.17) is 20.8 Å². The number of hydrogen-bond acceptors (Lipinski definition) is 6. The Hall–Kier alpha value is -3.87. The largest absolute Gasteiger partial charge is 0.867 e. The summed E-state index contributed by atoms with van der Waals surface area (Å²) >= 11 is 0. The number of amides is 2. The zero-order valence-corrected chi connectivity index (χ0v) is 15.0. The van der Waals surface area contributed by atoms with Crippen molar-refractivity contribution in [1.29, 1.82) is 10.8 Å². The Bertz CT molecular complexity index is 775. The molecule has 10 nitrogen and oxygen atoms in total. The fraction of sp³-hybridized carbons (Fsp3) is 0.125. The number of carbonyl (C=O) groups is 2. The second kappa shape index (κ2) is 13.4. The Labute approximate surface area is 160 Å². The fourth-order valence-electron chi connectivity index (χ4n) is 1.63. The smallest absolute Gasteiger partial charge is 0.385 e. The van der Waals surface area contributed by atoms with Gasteiger partial charge in [0, 0.05) is 49.5 Å². The summed E-state index contributed by atoms with van der Waals surface area (Å²) in [7, 11) is -3.17. The first-order chi connectivity index (χ1) is 13.2. The summed E-state index contributed by atoms with van der Waals surface area (Å²) < 4.78 is 9.89. The molecule has 2 N–H and O–H groups in total. The van der Waals surface area contributed by atoms with Crippen LogP contribution < -0.4 is 20.7 Å². The summed E-state index contributed by atoms with van der Waals surface area (Å²) in [4.78, 5) is 27.1. The molecule has 28 heavy (non-hydrogen) atoms. The normalized spacial score (nSPS) is 8.39. The predicted octanol–water partition coefficient (Wildman–Crippen LogP) is 1.92. The van der Waals surface area contributed by atoms with Crippen LogP contribution in [0.1, 0.15) is 13.8 Å². The van der Waals surface area contributed by atoms with Gasteiger partial charge in [-0.3, -0.25) is 9.59 Å². The molecule has 0 bridgehead atoms. The summed E-state index contributed by atoms with van der Waals surface area (Å²) in [6, 6.07) is 13.1. The molecule has 0 heterocycles. The zero-order valence-electron chi connectivity index (χ0n) is 15.0. The first-order valence-corrected chi connectivity index (χ1v) is 7.59. The Morgan fingerprint density at radius 3 is 1.25 bits per heavy atom. The monoisotopic (exact) mass is 386 g/mol. The highest BCUT2D eigenvalue weighted by molar-refractivity contribution is 6.27. The van der Waals surface area contributed by atoms with Gasteiger partial charge in [0.25, 0.3) is 0 Å². The molecule has 0 aliphatic heterocycles. The molecule has 0 radical (unpaired) electrons. The molecule has 0 atom stereocenters. The lowest BCUT2D eigenvalue weighted by molar-refractivity contribution is -0.366. The maximum atomic E-state index is 10.6. The van der Waals surface area contributed by atoms with Crippen molar-refractivity contribution in [3.63, 3.8) is 0 Å². The van der Waals surface area contributed by atoms with E-state index >= 15 is 0 Å². The SMILES string of the molecule is CC(=O)Nc1ccc([N+]#N)cc1.CC(=O)Nc1ccc([N+]#N)cc1.[O-]B([O-])F. The summed E-state index contributed by atoms with van der Waals surface area (Å²) in [5.74, 6) is -0.243. The van der Waals surface area contributed by atoms with Crippen molar-refractivity contribution in [2.75, 3.05) is 10.6 Å². The molecular formula is C16H16BFN6O4. The average Bonchev–Trinajstić information content (AvgIpc) is 2.62. The van der Waals surface area contributed by atoms with E-state index in [9.17, 15) is 13.9 Å². The van der Waals surface area contributed by atoms with Crippen molar-refractivity contribution in [2.24, 2.45) is 0 Å². The summed E-state index contributed by atoms with van der Waals surface area (Å²) in [5, 5.41) is 38.5. The van der Waals surface area contributed by atoms with Gasteiger partial charge in [0.2, 0.25) is 22.6 Å². The Morgan fingerprint density at radius 2 is 1.07 bits per heavy atom. The first kappa shape index (κ1) is 24.1. The van der Waals surface area contributed by atoms with Crippen LogP contribution in [0.25, 0.3) is 9.95 Å². The molecule has 0 saturated heterocycles. The third-order valence-corrected chi connectivity index (χ3v) is 2.61. The van der Waals surface area contributed by atoms with Gasteiger partial charge in [-0.05, 0) is 24.3 Å². The number of hydrogen-bond donors (Lipinski definition) is 2. The molecule has 144 valence electrons. The third kappa shape index (κ3) is 12.5. The lowest BCUT2D eigenvalue weighted by atomic mass is 10.3. The quantitative estimate of drug-likeness (QED) is 0.592. The molecule has 0 aromatic heterocycles. The van der Waals surface area contributed by atoms with Crippen molar-refractivity contribution in [1.82, 2.24) is 0 Å². The number of diazo groups is 2. The number of nitrogens with one attached hydrogen (secondary N) is 2. The van der Waals surface area contributed by atoms with Gasteiger partial charge in [-0.25, -0.2) is 0 Å². The maximum Gasteiger partial charge on any atom is 0.385 e. The van der Waals surface area contributed by atoms with E-state index in [1.807, 2.05) is 0 Å². The molecule has 2 amide bonds. The van der Waals surface area contributed by atoms with Crippen LogP contribution >= 0.6 is 0 Å². The molecule has 0 aliphatic rings. The van der Waals surface area contributed by atoms with E-state index in [1.54, 1.807) is 48.5 Å². The van der Waals surface area contributed by atoms with Crippen LogP contribution in [0.3, 0.4) is 0 Å². The lowest BCUT2D eigenvalue weighted by Gasteiger charge is -2.09. The van der Waals surface area contributed by atoms with Crippen molar-refractivity contribution in [3.05, 3.63) is 58.5 Å². The third-order valence-electron chi connectivity index (χ3n) is 2.61. The Morgan fingerprint density at radius 1 is 0.821 bits per heavy atom. The highest BCUT2D eigenvalue weighted by Crippen LogP contribution is 2.16. The lowest BCUT2D eigenvalue weighted by Crippen LogP contribution is -2.39. The van der Waals surface area contributed by atoms with Crippen LogP contribution in [0, 0.1) is 10.8 Å². The van der Waals surface area contributed by atoms with Gasteiger partial charge in [-0.1, -0.05) is 0 Å². The molecule has 0 spiro atoms. The second-order valence-corrected chi connectivity index (χ2v) is 4.93. The zero-order chi connectivity index (χ0) is 21.5. The van der Waals surface area contributed by atoms with Crippen LogP contribution in [0.4, 0.5) is 27.1 Å². The molecule has 0 aliphatic carbocycles. The van der Waals surface area contributed by atoms with Gasteiger partial charge in [-0.15, -0.1) is 0 Å². The second-order valence-electron chi connectivity index (χ2n) is 4.93. The minimum atomic E-state index is -3.17. The van der Waals surface area contributed by atoms with Crippen LogP contribution in [-0.4, -0.2) is 19.2 Å². The van der Waals surface area contributed by atoms with Gasteiger partial charge in [0.05, 0.1) is 0 Å². The first-order valence-electron chi connectivity index (χ1n) is 7.59. The standard InChI is InChI=1S/2C8H7N3O.BFO2/c2*1-6(12)10-7-2-4-8(11-9)5-3-7;2-1(3)4/h2*2-5H,1H3;/q;;-2/p+2. The van der Waals surface area contributed by atoms with Crippen LogP contribution in [0.5, 0.6) is 0 Å². The molecular weight excluding hydrogens is 370 g/mol. The summed E-state index contributed by atoms with van der Waals surface area (Å²) in [6.07, 6.45) is 0. The summed E-state index contributed by atoms with van der Waals surface area (Å²) in [6.45, 7) is 2.87. The Balaban J connectivity index is 0.000000439. The van der Waals surface area contributed by atoms with Gasteiger partial charge in [-0.2, -0.15) is 0 Å². The fourth-order valence-corrected chi connectivity index (χ4v) is 1.63. The van der Waals surface area contributed by atoms with Crippen molar-refractivity contribution in [3.8, 4) is 0 Å². The molecule has 0 unspecified atom stereocenters. The van der Waals surface area contributed by atoms with Gasteiger partial charge in [0.1, 0.15) is 7.40 Å². The minimum absolute atomic E-state index is 0.122. The van der Waals surface area contributed by atoms with Gasteiger partial charge >= 0.3 is 11.4 Å².